The number of hydrogen-bond donors (Lipinski definition) is 1. The van der Waals surface area contributed by atoms with Gasteiger partial charge in [0.2, 0.25) is 0 Å². The molecule has 0 saturated carbocycles. The highest BCUT2D eigenvalue weighted by Gasteiger charge is 2.13. The van der Waals surface area contributed by atoms with Crippen LogP contribution in [-0.4, -0.2) is 4.98 Å². The summed E-state index contributed by atoms with van der Waals surface area (Å²) in [5.74, 6) is -0.231. The lowest BCUT2D eigenvalue weighted by Gasteiger charge is -2.21. The van der Waals surface area contributed by atoms with Crippen LogP contribution in [0.25, 0.3) is 0 Å². The van der Waals surface area contributed by atoms with Crippen LogP contribution >= 0.6 is 15.9 Å². The molecule has 1 aromatic heterocycles. The highest BCUT2D eigenvalue weighted by atomic mass is 79.9. The van der Waals surface area contributed by atoms with Crippen molar-refractivity contribution in [1.82, 2.24) is 10.3 Å². The van der Waals surface area contributed by atoms with E-state index in [0.717, 1.165) is 10.0 Å². The van der Waals surface area contributed by atoms with Crippen LogP contribution in [0.5, 0.6) is 0 Å². The molecule has 100 valence electrons. The first kappa shape index (κ1) is 14.2. The van der Waals surface area contributed by atoms with Crippen LogP contribution in [0.3, 0.4) is 0 Å². The maximum absolute atomic E-state index is 13.1. The minimum absolute atomic E-state index is 0.123. The predicted octanol–water partition coefficient (Wildman–Crippen LogP) is 4.40. The second-order valence-corrected chi connectivity index (χ2v) is 5.41. The van der Waals surface area contributed by atoms with Gasteiger partial charge in [-0.05, 0) is 49.2 Å². The Hall–Kier alpha value is -1.26. The third kappa shape index (κ3) is 3.61. The van der Waals surface area contributed by atoms with Crippen molar-refractivity contribution in [3.8, 4) is 0 Å². The van der Waals surface area contributed by atoms with Crippen molar-refractivity contribution in [3.63, 3.8) is 0 Å². The molecule has 0 aliphatic carbocycles. The Kier molecular flexibility index (Phi) is 4.66. The van der Waals surface area contributed by atoms with Gasteiger partial charge in [0, 0.05) is 29.0 Å². The van der Waals surface area contributed by atoms with E-state index in [1.807, 2.05) is 12.1 Å². The number of nitrogens with zero attached hydrogens (tertiary/aromatic N) is 1. The van der Waals surface area contributed by atoms with Crippen molar-refractivity contribution in [3.05, 3.63) is 64.1 Å². The Labute approximate surface area is 121 Å². The first-order valence-corrected chi connectivity index (χ1v) is 6.98. The molecule has 1 heterocycles. The molecular weight excluding hydrogens is 307 g/mol. The molecule has 0 saturated heterocycles. The van der Waals surface area contributed by atoms with Crippen LogP contribution in [0.2, 0.25) is 0 Å². The van der Waals surface area contributed by atoms with Gasteiger partial charge in [-0.25, -0.2) is 4.39 Å². The zero-order valence-electron chi connectivity index (χ0n) is 10.9. The average Bonchev–Trinajstić information content (AvgIpc) is 2.39. The van der Waals surface area contributed by atoms with Crippen molar-refractivity contribution in [2.75, 3.05) is 0 Å². The van der Waals surface area contributed by atoms with Crippen molar-refractivity contribution in [2.24, 2.45) is 0 Å². The van der Waals surface area contributed by atoms with Crippen LogP contribution in [0.15, 0.2) is 47.2 Å². The van der Waals surface area contributed by atoms with Crippen LogP contribution in [0.1, 0.15) is 37.1 Å². The summed E-state index contributed by atoms with van der Waals surface area (Å²) in [6, 6.07) is 9.08. The van der Waals surface area contributed by atoms with E-state index in [1.165, 1.54) is 17.7 Å². The van der Waals surface area contributed by atoms with Gasteiger partial charge in [-0.1, -0.05) is 22.0 Å². The van der Waals surface area contributed by atoms with Crippen LogP contribution in [0.4, 0.5) is 4.39 Å². The van der Waals surface area contributed by atoms with E-state index in [1.54, 1.807) is 18.5 Å². The van der Waals surface area contributed by atoms with E-state index in [2.05, 4.69) is 40.1 Å². The van der Waals surface area contributed by atoms with Gasteiger partial charge >= 0.3 is 0 Å². The molecule has 2 unspecified atom stereocenters. The minimum atomic E-state index is -0.231. The van der Waals surface area contributed by atoms with Gasteiger partial charge in [0.15, 0.2) is 0 Å². The van der Waals surface area contributed by atoms with Crippen molar-refractivity contribution >= 4 is 15.9 Å². The van der Waals surface area contributed by atoms with Gasteiger partial charge in [-0.2, -0.15) is 0 Å². The van der Waals surface area contributed by atoms with Gasteiger partial charge < -0.3 is 5.32 Å². The Bertz CT molecular complexity index is 545. The molecule has 2 rings (SSSR count). The first-order chi connectivity index (χ1) is 9.08. The fraction of sp³-hybridized carbons (Fsp3) is 0.267. The zero-order valence-corrected chi connectivity index (χ0v) is 12.5. The Morgan fingerprint density at radius 1 is 1.11 bits per heavy atom. The molecule has 0 bridgehead atoms. The highest BCUT2D eigenvalue weighted by Crippen LogP contribution is 2.26. The normalized spacial score (nSPS) is 14.1. The van der Waals surface area contributed by atoms with Crippen molar-refractivity contribution < 1.29 is 4.39 Å². The molecule has 2 aromatic rings. The van der Waals surface area contributed by atoms with Gasteiger partial charge in [0.1, 0.15) is 5.82 Å². The van der Waals surface area contributed by atoms with E-state index in [0.29, 0.717) is 0 Å². The molecule has 0 fully saturated rings. The maximum Gasteiger partial charge on any atom is 0.124 e. The van der Waals surface area contributed by atoms with E-state index < -0.39 is 0 Å². The van der Waals surface area contributed by atoms with E-state index in [9.17, 15) is 4.39 Å². The smallest absolute Gasteiger partial charge is 0.124 e. The van der Waals surface area contributed by atoms with E-state index >= 15 is 0 Å². The topological polar surface area (TPSA) is 24.9 Å². The fourth-order valence-corrected chi connectivity index (χ4v) is 2.76. The second kappa shape index (κ2) is 6.26. The Morgan fingerprint density at radius 2 is 1.79 bits per heavy atom. The summed E-state index contributed by atoms with van der Waals surface area (Å²) in [5, 5.41) is 3.49. The zero-order chi connectivity index (χ0) is 13.8. The number of benzene rings is 1. The molecular formula is C15H16BrFN2. The summed E-state index contributed by atoms with van der Waals surface area (Å²) in [4.78, 5) is 4.01. The van der Waals surface area contributed by atoms with Crippen LogP contribution in [0, 0.1) is 5.82 Å². The number of nitrogens with one attached hydrogen (secondary N) is 1. The number of pyridine rings is 1. The fourth-order valence-electron chi connectivity index (χ4n) is 2.07. The molecule has 19 heavy (non-hydrogen) atoms. The lowest BCUT2D eigenvalue weighted by atomic mass is 10.1. The van der Waals surface area contributed by atoms with Gasteiger partial charge in [0.05, 0.1) is 0 Å². The molecule has 0 aliphatic rings. The summed E-state index contributed by atoms with van der Waals surface area (Å²) < 4.78 is 13.9. The van der Waals surface area contributed by atoms with Gasteiger partial charge in [0.25, 0.3) is 0 Å². The molecule has 0 aliphatic heterocycles. The third-order valence-electron chi connectivity index (χ3n) is 3.14. The second-order valence-electron chi connectivity index (χ2n) is 4.56. The molecule has 0 radical (unpaired) electrons. The lowest BCUT2D eigenvalue weighted by Crippen LogP contribution is -2.22. The first-order valence-electron chi connectivity index (χ1n) is 6.19. The minimum Gasteiger partial charge on any atom is -0.304 e. The third-order valence-corrected chi connectivity index (χ3v) is 3.82. The van der Waals surface area contributed by atoms with E-state index in [4.69, 9.17) is 0 Å². The molecule has 0 spiro atoms. The van der Waals surface area contributed by atoms with Crippen molar-refractivity contribution in [2.45, 2.75) is 25.9 Å². The molecule has 1 aromatic carbocycles. The maximum atomic E-state index is 13.1. The Morgan fingerprint density at radius 3 is 2.42 bits per heavy atom. The summed E-state index contributed by atoms with van der Waals surface area (Å²) in [6.45, 7) is 4.17. The molecule has 4 heteroatoms. The standard InChI is InChI=1S/C15H16BrFN2/c1-10(12-5-7-18-8-6-12)19-11(2)14-4-3-13(17)9-15(14)16/h3-11,19H,1-2H3. The molecule has 1 N–H and O–H groups in total. The SMILES string of the molecule is CC(NC(C)c1ccc(F)cc1Br)c1ccncc1. The quantitative estimate of drug-likeness (QED) is 0.902. The largest absolute Gasteiger partial charge is 0.304 e. The average molecular weight is 323 g/mol. The number of halogens is 2. The van der Waals surface area contributed by atoms with Gasteiger partial charge in [-0.3, -0.25) is 4.98 Å². The van der Waals surface area contributed by atoms with Gasteiger partial charge in [-0.15, -0.1) is 0 Å². The number of rotatable bonds is 4. The lowest BCUT2D eigenvalue weighted by molar-refractivity contribution is 0.492. The predicted molar refractivity (Wildman–Crippen MR) is 78.3 cm³/mol. The highest BCUT2D eigenvalue weighted by molar-refractivity contribution is 9.10. The summed E-state index contributed by atoms with van der Waals surface area (Å²) in [5.41, 5.74) is 2.22. The molecule has 0 amide bonds. The summed E-state index contributed by atoms with van der Waals surface area (Å²) >= 11 is 3.40. The number of aromatic nitrogens is 1. The molecule has 2 atom stereocenters. The summed E-state index contributed by atoms with van der Waals surface area (Å²) in [6.07, 6.45) is 3.57. The summed E-state index contributed by atoms with van der Waals surface area (Å²) in [7, 11) is 0. The van der Waals surface area contributed by atoms with Crippen molar-refractivity contribution in [1.29, 1.82) is 0 Å². The number of hydrogen-bond acceptors (Lipinski definition) is 2. The van der Waals surface area contributed by atoms with Crippen LogP contribution < -0.4 is 5.32 Å². The Balaban J connectivity index is 2.10. The van der Waals surface area contributed by atoms with E-state index in [-0.39, 0.29) is 17.9 Å². The molecule has 2 nitrogen and oxygen atoms in total. The monoisotopic (exact) mass is 322 g/mol. The van der Waals surface area contributed by atoms with Crippen LogP contribution in [-0.2, 0) is 0 Å².